The minimum Gasteiger partial charge on any atom is -0.345 e. The van der Waals surface area contributed by atoms with E-state index in [0.717, 1.165) is 3.57 Å². The molecule has 3 nitrogen and oxygen atoms in total. The minimum atomic E-state index is -0.702. The van der Waals surface area contributed by atoms with E-state index in [2.05, 4.69) is 32.6 Å². The molecule has 100 valence electrons. The zero-order valence-corrected chi connectivity index (χ0v) is 12.9. The van der Waals surface area contributed by atoms with Gasteiger partial charge in [0.05, 0.1) is 10.6 Å². The van der Waals surface area contributed by atoms with Gasteiger partial charge in [-0.05, 0) is 40.8 Å². The third-order valence-corrected chi connectivity index (χ3v) is 3.82. The number of nitrogens with zero attached hydrogens (tertiary/aromatic N) is 1. The SMILES string of the molecule is O=C(c1cccc(Cl)c1F)c1c[nH]c2ncc(I)cc12. The van der Waals surface area contributed by atoms with Crippen molar-refractivity contribution in [2.24, 2.45) is 0 Å². The number of hydrogen-bond acceptors (Lipinski definition) is 2. The molecule has 6 heteroatoms. The van der Waals surface area contributed by atoms with Crippen LogP contribution in [0.3, 0.4) is 0 Å². The van der Waals surface area contributed by atoms with E-state index >= 15 is 0 Å². The molecule has 3 rings (SSSR count). The second-order valence-electron chi connectivity index (χ2n) is 4.18. The maximum atomic E-state index is 13.9. The van der Waals surface area contributed by atoms with E-state index in [1.807, 2.05) is 6.07 Å². The molecule has 0 unspecified atom stereocenters. The molecule has 0 radical (unpaired) electrons. The number of rotatable bonds is 2. The Kier molecular flexibility index (Phi) is 3.47. The van der Waals surface area contributed by atoms with Crippen molar-refractivity contribution in [1.82, 2.24) is 9.97 Å². The van der Waals surface area contributed by atoms with E-state index in [0.29, 0.717) is 16.6 Å². The van der Waals surface area contributed by atoms with Crippen molar-refractivity contribution >= 4 is 51.0 Å². The normalized spacial score (nSPS) is 10.9. The summed E-state index contributed by atoms with van der Waals surface area (Å²) >= 11 is 7.82. The van der Waals surface area contributed by atoms with Crippen LogP contribution in [0.4, 0.5) is 4.39 Å². The molecule has 0 atom stereocenters. The monoisotopic (exact) mass is 400 g/mol. The van der Waals surface area contributed by atoms with Crippen LogP contribution in [0.15, 0.2) is 36.7 Å². The van der Waals surface area contributed by atoms with Gasteiger partial charge in [-0.3, -0.25) is 4.79 Å². The van der Waals surface area contributed by atoms with Gasteiger partial charge >= 0.3 is 0 Å². The average molecular weight is 401 g/mol. The molecule has 1 aromatic carbocycles. The summed E-state index contributed by atoms with van der Waals surface area (Å²) < 4.78 is 14.8. The minimum absolute atomic E-state index is 0.0442. The molecule has 0 saturated carbocycles. The summed E-state index contributed by atoms with van der Waals surface area (Å²) in [6.07, 6.45) is 3.23. The first kappa shape index (κ1) is 13.5. The smallest absolute Gasteiger partial charge is 0.198 e. The molecule has 0 aliphatic carbocycles. The number of pyridine rings is 1. The number of fused-ring (bicyclic) bond motifs is 1. The number of carbonyl (C=O) groups excluding carboxylic acids is 1. The third-order valence-electron chi connectivity index (χ3n) is 2.94. The summed E-state index contributed by atoms with van der Waals surface area (Å²) in [6.45, 7) is 0. The second kappa shape index (κ2) is 5.14. The van der Waals surface area contributed by atoms with E-state index in [1.54, 1.807) is 12.3 Å². The fourth-order valence-corrected chi connectivity index (χ4v) is 2.62. The predicted octanol–water partition coefficient (Wildman–Crippen LogP) is 4.19. The van der Waals surface area contributed by atoms with Crippen molar-refractivity contribution < 1.29 is 9.18 Å². The first-order chi connectivity index (χ1) is 9.58. The first-order valence-electron chi connectivity index (χ1n) is 5.69. The number of aromatic amines is 1. The molecule has 0 aliphatic rings. The molecule has 0 bridgehead atoms. The number of hydrogen-bond donors (Lipinski definition) is 1. The average Bonchev–Trinajstić information content (AvgIpc) is 2.84. The van der Waals surface area contributed by atoms with E-state index in [9.17, 15) is 9.18 Å². The van der Waals surface area contributed by atoms with Gasteiger partial charge < -0.3 is 4.98 Å². The Labute approximate surface area is 132 Å². The van der Waals surface area contributed by atoms with Gasteiger partial charge in [0.2, 0.25) is 0 Å². The summed E-state index contributed by atoms with van der Waals surface area (Å²) in [5.41, 5.74) is 0.931. The van der Waals surface area contributed by atoms with Gasteiger partial charge in [-0.25, -0.2) is 9.37 Å². The number of halogens is 3. The Morgan fingerprint density at radius 3 is 2.95 bits per heavy atom. The van der Waals surface area contributed by atoms with Gasteiger partial charge in [0.25, 0.3) is 0 Å². The third kappa shape index (κ3) is 2.20. The van der Waals surface area contributed by atoms with E-state index < -0.39 is 11.6 Å². The number of aromatic nitrogens is 2. The molecule has 2 aromatic heterocycles. The summed E-state index contributed by atoms with van der Waals surface area (Å²) in [5.74, 6) is -1.12. The van der Waals surface area contributed by atoms with Crippen molar-refractivity contribution in [2.75, 3.05) is 0 Å². The fourth-order valence-electron chi connectivity index (χ4n) is 1.99. The number of H-pyrrole nitrogens is 1. The zero-order valence-electron chi connectivity index (χ0n) is 9.95. The van der Waals surface area contributed by atoms with Crippen molar-refractivity contribution in [3.05, 3.63) is 62.2 Å². The highest BCUT2D eigenvalue weighted by Crippen LogP contribution is 2.25. The summed E-state index contributed by atoms with van der Waals surface area (Å²) in [4.78, 5) is 19.5. The summed E-state index contributed by atoms with van der Waals surface area (Å²) in [6, 6.07) is 6.21. The summed E-state index contributed by atoms with van der Waals surface area (Å²) in [7, 11) is 0. The number of nitrogens with one attached hydrogen (secondary N) is 1. The van der Waals surface area contributed by atoms with Crippen LogP contribution in [0.25, 0.3) is 11.0 Å². The standard InChI is InChI=1S/C14H7ClFIN2O/c15-11-3-1-2-8(12(11)16)13(20)10-6-19-14-9(10)4-7(17)5-18-14/h1-6H,(H,18,19). The first-order valence-corrected chi connectivity index (χ1v) is 7.15. The van der Waals surface area contributed by atoms with E-state index in [-0.39, 0.29) is 10.6 Å². The molecule has 0 fully saturated rings. The van der Waals surface area contributed by atoms with Gasteiger partial charge in [0, 0.05) is 26.9 Å². The number of carbonyl (C=O) groups is 1. The largest absolute Gasteiger partial charge is 0.345 e. The number of ketones is 1. The van der Waals surface area contributed by atoms with E-state index in [1.165, 1.54) is 18.3 Å². The van der Waals surface area contributed by atoms with Crippen LogP contribution in [-0.2, 0) is 0 Å². The van der Waals surface area contributed by atoms with Crippen LogP contribution in [0, 0.1) is 9.39 Å². The van der Waals surface area contributed by atoms with Gasteiger partial charge in [-0.15, -0.1) is 0 Å². The van der Waals surface area contributed by atoms with Crippen molar-refractivity contribution in [2.45, 2.75) is 0 Å². The molecule has 20 heavy (non-hydrogen) atoms. The lowest BCUT2D eigenvalue weighted by Crippen LogP contribution is -2.04. The lowest BCUT2D eigenvalue weighted by atomic mass is 10.0. The highest BCUT2D eigenvalue weighted by molar-refractivity contribution is 14.1. The molecule has 0 aliphatic heterocycles. The fraction of sp³-hybridized carbons (Fsp3) is 0. The van der Waals surface area contributed by atoms with Gasteiger partial charge in [0.1, 0.15) is 5.65 Å². The lowest BCUT2D eigenvalue weighted by molar-refractivity contribution is 0.103. The molecule has 0 spiro atoms. The van der Waals surface area contributed by atoms with Crippen LogP contribution in [0.1, 0.15) is 15.9 Å². The van der Waals surface area contributed by atoms with Crippen molar-refractivity contribution in [3.8, 4) is 0 Å². The Hall–Kier alpha value is -1.47. The zero-order chi connectivity index (χ0) is 14.3. The second-order valence-corrected chi connectivity index (χ2v) is 5.84. The Bertz CT molecular complexity index is 831. The Morgan fingerprint density at radius 2 is 2.15 bits per heavy atom. The van der Waals surface area contributed by atoms with Crippen LogP contribution >= 0.6 is 34.2 Å². The van der Waals surface area contributed by atoms with Crippen LogP contribution in [-0.4, -0.2) is 15.8 Å². The Morgan fingerprint density at radius 1 is 1.35 bits per heavy atom. The highest BCUT2D eigenvalue weighted by Gasteiger charge is 2.19. The molecule has 1 N–H and O–H groups in total. The van der Waals surface area contributed by atoms with Crippen LogP contribution in [0.5, 0.6) is 0 Å². The maximum Gasteiger partial charge on any atom is 0.198 e. The number of benzene rings is 1. The molecule has 2 heterocycles. The molecule has 0 amide bonds. The van der Waals surface area contributed by atoms with Crippen molar-refractivity contribution in [1.29, 1.82) is 0 Å². The predicted molar refractivity (Wildman–Crippen MR) is 83.7 cm³/mol. The lowest BCUT2D eigenvalue weighted by Gasteiger charge is -2.03. The molecule has 0 saturated heterocycles. The van der Waals surface area contributed by atoms with Gasteiger partial charge in [-0.2, -0.15) is 0 Å². The molecule has 3 aromatic rings. The van der Waals surface area contributed by atoms with Gasteiger partial charge in [-0.1, -0.05) is 17.7 Å². The molecular weight excluding hydrogens is 394 g/mol. The highest BCUT2D eigenvalue weighted by atomic mass is 127. The maximum absolute atomic E-state index is 13.9. The summed E-state index contributed by atoms with van der Waals surface area (Å²) in [5, 5.41) is 0.602. The van der Waals surface area contributed by atoms with Gasteiger partial charge in [0.15, 0.2) is 11.6 Å². The molecular formula is C14H7ClFIN2O. The van der Waals surface area contributed by atoms with Crippen LogP contribution in [0.2, 0.25) is 5.02 Å². The topological polar surface area (TPSA) is 45.8 Å². The Balaban J connectivity index is 2.18. The quantitative estimate of drug-likeness (QED) is 0.518. The van der Waals surface area contributed by atoms with Crippen LogP contribution < -0.4 is 0 Å². The van der Waals surface area contributed by atoms with E-state index in [4.69, 9.17) is 11.6 Å². The van der Waals surface area contributed by atoms with Crippen molar-refractivity contribution in [3.63, 3.8) is 0 Å².